The van der Waals surface area contributed by atoms with Crippen molar-refractivity contribution < 1.29 is 9.59 Å². The fraction of sp³-hybridized carbons (Fsp3) is 0.400. The number of unbranched alkanes of at least 4 members (excludes halogenated alkanes) is 1. The number of hydrogen-bond donors (Lipinski definition) is 0. The van der Waals surface area contributed by atoms with Gasteiger partial charge >= 0.3 is 0 Å². The third-order valence-electron chi connectivity index (χ3n) is 7.27. The molecule has 0 aliphatic carbocycles. The number of nitrogens with zero attached hydrogens (tertiary/aromatic N) is 3. The zero-order valence-corrected chi connectivity index (χ0v) is 22.3. The maximum Gasteiger partial charge on any atom is 0.255 e. The van der Waals surface area contributed by atoms with Crippen LogP contribution in [0.4, 0.5) is 0 Å². The van der Waals surface area contributed by atoms with E-state index in [-0.39, 0.29) is 17.7 Å². The van der Waals surface area contributed by atoms with Crippen LogP contribution in [0.2, 0.25) is 5.02 Å². The number of carbonyl (C=O) groups excluding carboxylic acids is 2. The van der Waals surface area contributed by atoms with Crippen LogP contribution in [0, 0.1) is 12.8 Å². The summed E-state index contributed by atoms with van der Waals surface area (Å²) in [6.45, 7) is 8.49. The van der Waals surface area contributed by atoms with E-state index in [4.69, 9.17) is 11.6 Å². The van der Waals surface area contributed by atoms with Gasteiger partial charge in [-0.15, -0.1) is 0 Å². The summed E-state index contributed by atoms with van der Waals surface area (Å²) in [4.78, 5) is 30.6. The van der Waals surface area contributed by atoms with Crippen molar-refractivity contribution in [3.63, 3.8) is 0 Å². The van der Waals surface area contributed by atoms with E-state index in [1.807, 2.05) is 77.4 Å². The Labute approximate surface area is 219 Å². The summed E-state index contributed by atoms with van der Waals surface area (Å²) >= 11 is 6.59. The Morgan fingerprint density at radius 2 is 1.56 bits per heavy atom. The maximum absolute atomic E-state index is 13.7. The molecule has 4 rings (SSSR count). The van der Waals surface area contributed by atoms with Gasteiger partial charge in [-0.05, 0) is 43.5 Å². The smallest absolute Gasteiger partial charge is 0.255 e. The lowest BCUT2D eigenvalue weighted by Crippen LogP contribution is -2.52. The average molecular weight is 506 g/mol. The number of piperazine rings is 1. The number of carbonyl (C=O) groups is 2. The van der Waals surface area contributed by atoms with Crippen LogP contribution in [0.5, 0.6) is 0 Å². The second-order valence-electron chi connectivity index (χ2n) is 9.55. The molecule has 36 heavy (non-hydrogen) atoms. The van der Waals surface area contributed by atoms with Crippen molar-refractivity contribution in [3.05, 3.63) is 76.9 Å². The molecule has 0 saturated carbocycles. The molecule has 1 saturated heterocycles. The molecule has 5 nitrogen and oxygen atoms in total. The maximum atomic E-state index is 13.7. The first kappa shape index (κ1) is 26.0. The number of rotatable bonds is 8. The lowest BCUT2D eigenvalue weighted by molar-refractivity contribution is -0.137. The molecule has 1 aromatic heterocycles. The van der Waals surface area contributed by atoms with Crippen molar-refractivity contribution >= 4 is 23.4 Å². The Bertz CT molecular complexity index is 1200. The van der Waals surface area contributed by atoms with Gasteiger partial charge in [-0.3, -0.25) is 9.59 Å². The van der Waals surface area contributed by atoms with Crippen LogP contribution in [0.15, 0.2) is 60.7 Å². The number of aromatic nitrogens is 1. The lowest BCUT2D eigenvalue weighted by Gasteiger charge is -2.36. The van der Waals surface area contributed by atoms with Gasteiger partial charge in [0, 0.05) is 37.8 Å². The number of halogens is 1. The van der Waals surface area contributed by atoms with Crippen LogP contribution in [0.3, 0.4) is 0 Å². The molecule has 1 unspecified atom stereocenters. The van der Waals surface area contributed by atoms with E-state index in [2.05, 4.69) is 18.4 Å². The van der Waals surface area contributed by atoms with Gasteiger partial charge in [0.1, 0.15) is 0 Å². The normalized spacial score (nSPS) is 14.7. The van der Waals surface area contributed by atoms with Gasteiger partial charge in [-0.25, -0.2) is 0 Å². The first-order valence-electron chi connectivity index (χ1n) is 13.1. The molecule has 1 atom stereocenters. The topological polar surface area (TPSA) is 45.6 Å². The molecule has 1 fully saturated rings. The lowest BCUT2D eigenvalue weighted by atomic mass is 9.97. The molecule has 6 heteroatoms. The minimum Gasteiger partial charge on any atom is -0.339 e. The molecule has 0 bridgehead atoms. The highest BCUT2D eigenvalue weighted by Crippen LogP contribution is 2.33. The summed E-state index contributed by atoms with van der Waals surface area (Å²) in [7, 11) is 0. The predicted octanol–water partition coefficient (Wildman–Crippen LogP) is 6.61. The second-order valence-corrected chi connectivity index (χ2v) is 9.95. The van der Waals surface area contributed by atoms with Crippen molar-refractivity contribution in [2.75, 3.05) is 26.2 Å². The SMILES string of the molecule is CCCCC(CC)C(=O)N1CCN(C(=O)c2cc(-c3ccccc3)n(-c3ccccc3Cl)c2C)CC1. The van der Waals surface area contributed by atoms with Crippen LogP contribution in [-0.2, 0) is 4.79 Å². The molecule has 3 aromatic rings. The Balaban J connectivity index is 1.58. The van der Waals surface area contributed by atoms with Crippen LogP contribution in [0.25, 0.3) is 16.9 Å². The van der Waals surface area contributed by atoms with Gasteiger partial charge in [-0.2, -0.15) is 0 Å². The molecule has 1 aliphatic rings. The fourth-order valence-electron chi connectivity index (χ4n) is 5.10. The predicted molar refractivity (Wildman–Crippen MR) is 147 cm³/mol. The summed E-state index contributed by atoms with van der Waals surface area (Å²) in [5.74, 6) is 0.332. The Morgan fingerprint density at radius 1 is 0.917 bits per heavy atom. The highest BCUT2D eigenvalue weighted by molar-refractivity contribution is 6.32. The summed E-state index contributed by atoms with van der Waals surface area (Å²) in [5, 5.41) is 0.632. The minimum absolute atomic E-state index is 0.000563. The Hall–Kier alpha value is -3.05. The zero-order chi connectivity index (χ0) is 25.7. The second kappa shape index (κ2) is 11.8. The summed E-state index contributed by atoms with van der Waals surface area (Å²) < 4.78 is 2.07. The quantitative estimate of drug-likeness (QED) is 0.346. The molecule has 2 heterocycles. The first-order chi connectivity index (χ1) is 17.5. The van der Waals surface area contributed by atoms with Gasteiger partial charge in [0.05, 0.1) is 22.0 Å². The molecule has 0 radical (unpaired) electrons. The highest BCUT2D eigenvalue weighted by Gasteiger charge is 2.30. The van der Waals surface area contributed by atoms with Crippen LogP contribution in [-0.4, -0.2) is 52.4 Å². The molecular formula is C30H36ClN3O2. The molecule has 190 valence electrons. The van der Waals surface area contributed by atoms with Gasteiger partial charge < -0.3 is 14.4 Å². The number of hydrogen-bond acceptors (Lipinski definition) is 2. The van der Waals surface area contributed by atoms with E-state index in [0.29, 0.717) is 36.8 Å². The molecule has 2 amide bonds. The van der Waals surface area contributed by atoms with E-state index < -0.39 is 0 Å². The first-order valence-corrected chi connectivity index (χ1v) is 13.4. The number of para-hydroxylation sites is 1. The highest BCUT2D eigenvalue weighted by atomic mass is 35.5. The van der Waals surface area contributed by atoms with E-state index in [1.54, 1.807) is 0 Å². The summed E-state index contributed by atoms with van der Waals surface area (Å²) in [6, 6.07) is 19.8. The standard InChI is InChI=1S/C30H36ClN3O2/c1-4-6-12-23(5-2)29(35)32-17-19-33(20-18-32)30(36)25-21-28(24-13-8-7-9-14-24)34(22(25)3)27-16-11-10-15-26(27)31/h7-11,13-16,21,23H,4-6,12,17-20H2,1-3H3. The molecule has 0 N–H and O–H groups in total. The van der Waals surface area contributed by atoms with Gasteiger partial charge in [-0.1, -0.05) is 80.8 Å². The average Bonchev–Trinajstić information content (AvgIpc) is 3.26. The van der Waals surface area contributed by atoms with Gasteiger partial charge in [0.2, 0.25) is 5.91 Å². The Morgan fingerprint density at radius 3 is 2.19 bits per heavy atom. The van der Waals surface area contributed by atoms with E-state index in [0.717, 1.165) is 48.3 Å². The van der Waals surface area contributed by atoms with Crippen molar-refractivity contribution in [2.24, 2.45) is 5.92 Å². The largest absolute Gasteiger partial charge is 0.339 e. The molecule has 2 aromatic carbocycles. The molecule has 1 aliphatic heterocycles. The number of amides is 2. The summed E-state index contributed by atoms with van der Waals surface area (Å²) in [6.07, 6.45) is 4.00. The van der Waals surface area contributed by atoms with Crippen molar-refractivity contribution in [1.29, 1.82) is 0 Å². The van der Waals surface area contributed by atoms with Crippen LogP contribution < -0.4 is 0 Å². The fourth-order valence-corrected chi connectivity index (χ4v) is 5.32. The van der Waals surface area contributed by atoms with Crippen LogP contribution >= 0.6 is 11.6 Å². The van der Waals surface area contributed by atoms with E-state index in [9.17, 15) is 9.59 Å². The number of benzene rings is 2. The third kappa shape index (κ3) is 5.36. The van der Waals surface area contributed by atoms with Crippen molar-refractivity contribution in [3.8, 4) is 16.9 Å². The van der Waals surface area contributed by atoms with E-state index >= 15 is 0 Å². The third-order valence-corrected chi connectivity index (χ3v) is 7.59. The minimum atomic E-state index is 0.000563. The van der Waals surface area contributed by atoms with Gasteiger partial charge in [0.25, 0.3) is 5.91 Å². The monoisotopic (exact) mass is 505 g/mol. The molecular weight excluding hydrogens is 470 g/mol. The van der Waals surface area contributed by atoms with Crippen LogP contribution in [0.1, 0.15) is 55.6 Å². The summed E-state index contributed by atoms with van der Waals surface area (Å²) in [5.41, 5.74) is 4.33. The Kier molecular flexibility index (Phi) is 8.52. The van der Waals surface area contributed by atoms with Crippen molar-refractivity contribution in [1.82, 2.24) is 14.4 Å². The molecule has 0 spiro atoms. The van der Waals surface area contributed by atoms with E-state index in [1.165, 1.54) is 0 Å². The van der Waals surface area contributed by atoms with Gasteiger partial charge in [0.15, 0.2) is 0 Å². The zero-order valence-electron chi connectivity index (χ0n) is 21.5. The van der Waals surface area contributed by atoms with Crippen molar-refractivity contribution in [2.45, 2.75) is 46.5 Å².